The van der Waals surface area contributed by atoms with Crippen LogP contribution < -0.4 is 0 Å². The van der Waals surface area contributed by atoms with E-state index in [9.17, 15) is 13.2 Å². The molecule has 4 aromatic rings. The number of aromatic nitrogens is 3. The molecule has 0 radical (unpaired) electrons. The Kier molecular flexibility index (Phi) is 5.45. The molecule has 0 spiro atoms. The first-order valence-corrected chi connectivity index (χ1v) is 10.0. The fourth-order valence-corrected chi connectivity index (χ4v) is 3.23. The lowest BCUT2D eigenvalue weighted by molar-refractivity contribution is -0.137. The van der Waals surface area contributed by atoms with Crippen LogP contribution in [-0.4, -0.2) is 27.3 Å². The van der Waals surface area contributed by atoms with Gasteiger partial charge in [-0.2, -0.15) is 22.9 Å². The van der Waals surface area contributed by atoms with Gasteiger partial charge in [-0.05, 0) is 30.5 Å². The summed E-state index contributed by atoms with van der Waals surface area (Å²) in [5, 5.41) is 13.3. The highest BCUT2D eigenvalue weighted by atomic mass is 32.2. The molecule has 0 bridgehead atoms. The molecule has 0 saturated carbocycles. The SMILES string of the molecule is CSc1nnc(-c2ccccc2)n1/N=C/c1ccc(-c2cccc(C(F)(F)F)c2)o1. The molecule has 4 rings (SSSR count). The summed E-state index contributed by atoms with van der Waals surface area (Å²) >= 11 is 1.39. The molecule has 0 fully saturated rings. The zero-order valence-electron chi connectivity index (χ0n) is 15.7. The summed E-state index contributed by atoms with van der Waals surface area (Å²) < 4.78 is 46.1. The van der Waals surface area contributed by atoms with E-state index in [1.807, 2.05) is 36.6 Å². The van der Waals surface area contributed by atoms with Crippen molar-refractivity contribution in [3.8, 4) is 22.7 Å². The van der Waals surface area contributed by atoms with Crippen LogP contribution in [0.25, 0.3) is 22.7 Å². The molecule has 0 aliphatic carbocycles. The Labute approximate surface area is 174 Å². The lowest BCUT2D eigenvalue weighted by Gasteiger charge is -2.07. The normalized spacial score (nSPS) is 12.0. The molecular weight excluding hydrogens is 413 g/mol. The summed E-state index contributed by atoms with van der Waals surface area (Å²) in [5.41, 5.74) is 0.461. The van der Waals surface area contributed by atoms with E-state index in [4.69, 9.17) is 4.42 Å². The minimum atomic E-state index is -4.41. The van der Waals surface area contributed by atoms with E-state index in [1.54, 1.807) is 22.9 Å². The van der Waals surface area contributed by atoms with Gasteiger partial charge in [0.25, 0.3) is 0 Å². The van der Waals surface area contributed by atoms with E-state index in [-0.39, 0.29) is 0 Å². The van der Waals surface area contributed by atoms with Gasteiger partial charge in [-0.25, -0.2) is 0 Å². The minimum absolute atomic E-state index is 0.319. The Morgan fingerprint density at radius 1 is 0.967 bits per heavy atom. The molecule has 0 N–H and O–H groups in total. The maximum atomic E-state index is 12.9. The molecule has 0 aliphatic rings. The van der Waals surface area contributed by atoms with Crippen molar-refractivity contribution in [3.05, 3.63) is 78.1 Å². The van der Waals surface area contributed by atoms with E-state index in [0.29, 0.717) is 28.1 Å². The van der Waals surface area contributed by atoms with Crippen molar-refractivity contribution in [2.45, 2.75) is 11.3 Å². The van der Waals surface area contributed by atoms with E-state index in [0.717, 1.165) is 17.7 Å². The van der Waals surface area contributed by atoms with Crippen molar-refractivity contribution in [2.24, 2.45) is 5.10 Å². The summed E-state index contributed by atoms with van der Waals surface area (Å²) in [4.78, 5) is 0. The van der Waals surface area contributed by atoms with Crippen LogP contribution in [0.15, 0.2) is 81.4 Å². The Balaban J connectivity index is 1.63. The highest BCUT2D eigenvalue weighted by Gasteiger charge is 2.30. The largest absolute Gasteiger partial charge is 0.455 e. The third-order valence-corrected chi connectivity index (χ3v) is 4.85. The Bertz CT molecular complexity index is 1180. The van der Waals surface area contributed by atoms with Gasteiger partial charge >= 0.3 is 6.18 Å². The van der Waals surface area contributed by atoms with Crippen LogP contribution in [0.4, 0.5) is 13.2 Å². The lowest BCUT2D eigenvalue weighted by atomic mass is 10.1. The number of thioether (sulfide) groups is 1. The number of halogens is 3. The van der Waals surface area contributed by atoms with E-state index in [2.05, 4.69) is 15.3 Å². The van der Waals surface area contributed by atoms with Gasteiger partial charge in [-0.3, -0.25) is 0 Å². The average Bonchev–Trinajstić information content (AvgIpc) is 3.39. The van der Waals surface area contributed by atoms with Gasteiger partial charge in [-0.15, -0.1) is 10.2 Å². The van der Waals surface area contributed by atoms with Crippen LogP contribution in [0.2, 0.25) is 0 Å². The number of alkyl halides is 3. The third-order valence-electron chi connectivity index (χ3n) is 4.23. The highest BCUT2D eigenvalue weighted by Crippen LogP contribution is 2.32. The molecule has 2 aromatic heterocycles. The zero-order valence-corrected chi connectivity index (χ0v) is 16.5. The number of furan rings is 1. The fraction of sp³-hybridized carbons (Fsp3) is 0.0952. The van der Waals surface area contributed by atoms with Gasteiger partial charge in [-0.1, -0.05) is 54.2 Å². The maximum Gasteiger partial charge on any atom is 0.416 e. The molecule has 30 heavy (non-hydrogen) atoms. The van der Waals surface area contributed by atoms with Crippen LogP contribution in [0.1, 0.15) is 11.3 Å². The molecule has 0 amide bonds. The monoisotopic (exact) mass is 428 g/mol. The highest BCUT2D eigenvalue weighted by molar-refractivity contribution is 7.98. The van der Waals surface area contributed by atoms with Crippen molar-refractivity contribution in [1.29, 1.82) is 0 Å². The van der Waals surface area contributed by atoms with Gasteiger partial charge in [0.2, 0.25) is 5.16 Å². The van der Waals surface area contributed by atoms with E-state index in [1.165, 1.54) is 24.0 Å². The van der Waals surface area contributed by atoms with Crippen LogP contribution in [0.5, 0.6) is 0 Å². The molecule has 5 nitrogen and oxygen atoms in total. The average molecular weight is 428 g/mol. The van der Waals surface area contributed by atoms with Crippen molar-refractivity contribution in [2.75, 3.05) is 6.26 Å². The number of hydrogen-bond donors (Lipinski definition) is 0. The first-order valence-electron chi connectivity index (χ1n) is 8.82. The quantitative estimate of drug-likeness (QED) is 0.297. The van der Waals surface area contributed by atoms with Crippen molar-refractivity contribution >= 4 is 18.0 Å². The smallest absolute Gasteiger partial charge is 0.416 e. The molecule has 9 heteroatoms. The fourth-order valence-electron chi connectivity index (χ4n) is 2.80. The predicted octanol–water partition coefficient (Wildman–Crippen LogP) is 5.83. The summed E-state index contributed by atoms with van der Waals surface area (Å²) in [5.74, 6) is 1.28. The summed E-state index contributed by atoms with van der Waals surface area (Å²) in [6.45, 7) is 0. The van der Waals surface area contributed by atoms with Crippen LogP contribution in [0.3, 0.4) is 0 Å². The zero-order chi connectivity index (χ0) is 21.1. The predicted molar refractivity (Wildman–Crippen MR) is 109 cm³/mol. The van der Waals surface area contributed by atoms with Crippen molar-refractivity contribution in [3.63, 3.8) is 0 Å². The molecule has 0 atom stereocenters. The number of benzene rings is 2. The molecule has 2 aromatic carbocycles. The molecule has 2 heterocycles. The van der Waals surface area contributed by atoms with Crippen molar-refractivity contribution < 1.29 is 17.6 Å². The van der Waals surface area contributed by atoms with Crippen LogP contribution in [0, 0.1) is 0 Å². The standard InChI is InChI=1S/C21H15F3N4OS/c1-30-20-27-26-19(14-6-3-2-4-7-14)28(20)25-13-17-10-11-18(29-17)15-8-5-9-16(12-15)21(22,23)24/h2-13H,1H3/b25-13+. The summed E-state index contributed by atoms with van der Waals surface area (Å²) in [6, 6.07) is 17.7. The van der Waals surface area contributed by atoms with Crippen molar-refractivity contribution in [1.82, 2.24) is 14.9 Å². The lowest BCUT2D eigenvalue weighted by Crippen LogP contribution is -2.04. The second-order valence-corrected chi connectivity index (χ2v) is 6.99. The summed E-state index contributed by atoms with van der Waals surface area (Å²) in [7, 11) is 0. The van der Waals surface area contributed by atoms with Gasteiger partial charge < -0.3 is 4.42 Å². The molecule has 0 saturated heterocycles. The number of hydrogen-bond acceptors (Lipinski definition) is 5. The van der Waals surface area contributed by atoms with E-state index >= 15 is 0 Å². The Morgan fingerprint density at radius 2 is 1.73 bits per heavy atom. The first-order chi connectivity index (χ1) is 14.5. The molecule has 0 aliphatic heterocycles. The Morgan fingerprint density at radius 3 is 2.47 bits per heavy atom. The first kappa shape index (κ1) is 20.0. The number of rotatable bonds is 5. The molecular formula is C21H15F3N4OS. The molecule has 0 unspecified atom stereocenters. The van der Waals surface area contributed by atoms with Gasteiger partial charge in [0.05, 0.1) is 11.8 Å². The van der Waals surface area contributed by atoms with Crippen LogP contribution in [-0.2, 0) is 6.18 Å². The topological polar surface area (TPSA) is 56.2 Å². The Hall–Kier alpha value is -3.33. The number of nitrogens with zero attached hydrogens (tertiary/aromatic N) is 4. The summed E-state index contributed by atoms with van der Waals surface area (Å²) in [6.07, 6.45) is -1.07. The second-order valence-electron chi connectivity index (χ2n) is 6.21. The van der Waals surface area contributed by atoms with E-state index < -0.39 is 11.7 Å². The van der Waals surface area contributed by atoms with Crippen LogP contribution >= 0.6 is 11.8 Å². The minimum Gasteiger partial charge on any atom is -0.455 e. The second kappa shape index (κ2) is 8.19. The van der Waals surface area contributed by atoms with Gasteiger partial charge in [0, 0.05) is 11.1 Å². The third kappa shape index (κ3) is 4.16. The van der Waals surface area contributed by atoms with Gasteiger partial charge in [0.1, 0.15) is 11.5 Å². The molecule has 152 valence electrons. The van der Waals surface area contributed by atoms with Gasteiger partial charge in [0.15, 0.2) is 5.82 Å². The maximum absolute atomic E-state index is 12.9.